The highest BCUT2D eigenvalue weighted by atomic mass is 32.2. The summed E-state index contributed by atoms with van der Waals surface area (Å²) in [4.78, 5) is 2.26. The minimum Gasteiger partial charge on any atom is -0.377 e. The Hall–Kier alpha value is -1.11. The molecule has 0 amide bonds. The van der Waals surface area contributed by atoms with Crippen LogP contribution in [0.15, 0.2) is 29.5 Å². The zero-order valence-corrected chi connectivity index (χ0v) is 15.3. The third-order valence-electron chi connectivity index (χ3n) is 3.95. The molecule has 6 heteroatoms. The first-order chi connectivity index (χ1) is 11.1. The van der Waals surface area contributed by atoms with Crippen molar-refractivity contribution in [2.45, 2.75) is 51.0 Å². The Balaban J connectivity index is 1.99. The first kappa shape index (κ1) is 18.2. The summed E-state index contributed by atoms with van der Waals surface area (Å²) in [5, 5.41) is 9.74. The van der Waals surface area contributed by atoms with E-state index in [2.05, 4.69) is 53.2 Å². The van der Waals surface area contributed by atoms with Gasteiger partial charge in [-0.25, -0.2) is 0 Å². The Bertz CT molecular complexity index is 535. The highest BCUT2D eigenvalue weighted by Crippen LogP contribution is 2.23. The van der Waals surface area contributed by atoms with E-state index >= 15 is 0 Å². The smallest absolute Gasteiger partial charge is 0.191 e. The highest BCUT2D eigenvalue weighted by molar-refractivity contribution is 7.99. The molecule has 0 aliphatic carbocycles. The second-order valence-corrected chi connectivity index (χ2v) is 7.04. The first-order valence-corrected chi connectivity index (χ1v) is 9.20. The van der Waals surface area contributed by atoms with Crippen molar-refractivity contribution in [2.24, 2.45) is 0 Å². The molecule has 1 aromatic heterocycles. The van der Waals surface area contributed by atoms with Gasteiger partial charge in [0.2, 0.25) is 0 Å². The minimum atomic E-state index is 0.359. The molecule has 0 spiro atoms. The van der Waals surface area contributed by atoms with E-state index in [0.29, 0.717) is 6.10 Å². The van der Waals surface area contributed by atoms with Gasteiger partial charge in [0.25, 0.3) is 0 Å². The van der Waals surface area contributed by atoms with Gasteiger partial charge >= 0.3 is 0 Å². The van der Waals surface area contributed by atoms with Crippen LogP contribution in [0.2, 0.25) is 0 Å². The second-order valence-electron chi connectivity index (χ2n) is 6.05. The number of rotatable bonds is 9. The van der Waals surface area contributed by atoms with Crippen LogP contribution in [0.25, 0.3) is 0 Å². The fraction of sp³-hybridized carbons (Fsp3) is 0.647. The lowest BCUT2D eigenvalue weighted by atomic mass is 10.3. The highest BCUT2D eigenvalue weighted by Gasteiger charge is 2.19. The first-order valence-electron chi connectivity index (χ1n) is 8.21. The maximum absolute atomic E-state index is 5.69. The molecule has 0 bridgehead atoms. The molecule has 2 rings (SSSR count). The topological polar surface area (TPSA) is 43.2 Å². The molecule has 2 heterocycles. The molecule has 23 heavy (non-hydrogen) atoms. The SMILES string of the molecule is C=CCn1c(CN(C)C/C(C)=C/C)nnc1SC[C@H]1CCCO1. The summed E-state index contributed by atoms with van der Waals surface area (Å²) in [5.41, 5.74) is 1.36. The van der Waals surface area contributed by atoms with E-state index in [1.807, 2.05) is 6.08 Å². The number of hydrogen-bond acceptors (Lipinski definition) is 5. The molecular weight excluding hydrogens is 308 g/mol. The summed E-state index contributed by atoms with van der Waals surface area (Å²) in [6.07, 6.45) is 6.73. The Morgan fingerprint density at radius 2 is 2.35 bits per heavy atom. The van der Waals surface area contributed by atoms with Crippen molar-refractivity contribution < 1.29 is 4.74 Å². The third-order valence-corrected chi connectivity index (χ3v) is 5.05. The maximum atomic E-state index is 5.69. The average molecular weight is 337 g/mol. The van der Waals surface area contributed by atoms with Crippen molar-refractivity contribution in [3.05, 3.63) is 30.1 Å². The summed E-state index contributed by atoms with van der Waals surface area (Å²) in [7, 11) is 2.11. The summed E-state index contributed by atoms with van der Waals surface area (Å²) in [6, 6.07) is 0. The summed E-state index contributed by atoms with van der Waals surface area (Å²) < 4.78 is 7.85. The van der Waals surface area contributed by atoms with Crippen LogP contribution in [0.1, 0.15) is 32.5 Å². The minimum absolute atomic E-state index is 0.359. The number of likely N-dealkylation sites (N-methyl/N-ethyl adjacent to an activating group) is 1. The molecule has 1 aliphatic heterocycles. The van der Waals surface area contributed by atoms with Gasteiger partial charge in [0, 0.05) is 25.4 Å². The van der Waals surface area contributed by atoms with E-state index in [0.717, 1.165) is 49.4 Å². The van der Waals surface area contributed by atoms with E-state index in [1.165, 1.54) is 12.0 Å². The van der Waals surface area contributed by atoms with E-state index in [1.54, 1.807) is 11.8 Å². The van der Waals surface area contributed by atoms with Crippen molar-refractivity contribution in [1.29, 1.82) is 0 Å². The van der Waals surface area contributed by atoms with Gasteiger partial charge in [0.05, 0.1) is 12.6 Å². The molecule has 0 saturated carbocycles. The Morgan fingerprint density at radius 1 is 1.52 bits per heavy atom. The van der Waals surface area contributed by atoms with Gasteiger partial charge in [-0.2, -0.15) is 0 Å². The normalized spacial score (nSPS) is 18.8. The predicted molar refractivity (Wildman–Crippen MR) is 95.7 cm³/mol. The predicted octanol–water partition coefficient (Wildman–Crippen LogP) is 3.13. The van der Waals surface area contributed by atoms with Gasteiger partial charge in [-0.15, -0.1) is 16.8 Å². The van der Waals surface area contributed by atoms with Gasteiger partial charge in [0.15, 0.2) is 5.16 Å². The Labute approximate surface area is 143 Å². The summed E-state index contributed by atoms with van der Waals surface area (Å²) >= 11 is 1.74. The zero-order chi connectivity index (χ0) is 16.7. The third kappa shape index (κ3) is 5.48. The van der Waals surface area contributed by atoms with Crippen LogP contribution in [0.4, 0.5) is 0 Å². The Kier molecular flexibility index (Phi) is 7.33. The van der Waals surface area contributed by atoms with Crippen LogP contribution in [0, 0.1) is 0 Å². The van der Waals surface area contributed by atoms with Crippen molar-refractivity contribution in [3.8, 4) is 0 Å². The van der Waals surface area contributed by atoms with Crippen LogP contribution >= 0.6 is 11.8 Å². The molecule has 0 radical (unpaired) electrons. The number of allylic oxidation sites excluding steroid dienone is 2. The lowest BCUT2D eigenvalue weighted by Crippen LogP contribution is -2.22. The number of nitrogens with zero attached hydrogens (tertiary/aromatic N) is 4. The molecular formula is C17H28N4OS. The molecule has 1 fully saturated rings. The van der Waals surface area contributed by atoms with E-state index in [4.69, 9.17) is 4.74 Å². The lowest BCUT2D eigenvalue weighted by molar-refractivity contribution is 0.129. The monoisotopic (exact) mass is 336 g/mol. The quantitative estimate of drug-likeness (QED) is 0.512. The molecule has 0 aromatic carbocycles. The van der Waals surface area contributed by atoms with Gasteiger partial charge in [-0.3, -0.25) is 4.90 Å². The summed E-state index contributed by atoms with van der Waals surface area (Å²) in [5.74, 6) is 1.94. The Morgan fingerprint density at radius 3 is 3.00 bits per heavy atom. The van der Waals surface area contributed by atoms with Crippen LogP contribution in [0.5, 0.6) is 0 Å². The molecule has 1 aliphatic rings. The van der Waals surface area contributed by atoms with Crippen molar-refractivity contribution in [1.82, 2.24) is 19.7 Å². The number of hydrogen-bond donors (Lipinski definition) is 0. The molecule has 5 nitrogen and oxygen atoms in total. The van der Waals surface area contributed by atoms with Crippen LogP contribution in [0.3, 0.4) is 0 Å². The van der Waals surface area contributed by atoms with Crippen molar-refractivity contribution >= 4 is 11.8 Å². The molecule has 1 atom stereocenters. The molecule has 1 aromatic rings. The standard InChI is InChI=1S/C17H28N4OS/c1-5-9-21-16(12-20(4)11-14(3)6-2)18-19-17(21)23-13-15-8-7-10-22-15/h5-6,15H,1,7-13H2,2-4H3/b14-6+/t15-/m1/s1. The van der Waals surface area contributed by atoms with Crippen LogP contribution in [-0.2, 0) is 17.8 Å². The van der Waals surface area contributed by atoms with Crippen molar-refractivity contribution in [3.63, 3.8) is 0 Å². The van der Waals surface area contributed by atoms with Crippen LogP contribution in [-0.4, -0.2) is 51.7 Å². The maximum Gasteiger partial charge on any atom is 0.191 e. The fourth-order valence-electron chi connectivity index (χ4n) is 2.61. The van der Waals surface area contributed by atoms with Gasteiger partial charge in [-0.1, -0.05) is 29.5 Å². The second kappa shape index (κ2) is 9.25. The molecule has 128 valence electrons. The van der Waals surface area contributed by atoms with E-state index in [9.17, 15) is 0 Å². The largest absolute Gasteiger partial charge is 0.377 e. The average Bonchev–Trinajstić information content (AvgIpc) is 3.16. The number of aromatic nitrogens is 3. The van der Waals surface area contributed by atoms with Crippen molar-refractivity contribution in [2.75, 3.05) is 26.0 Å². The number of thioether (sulfide) groups is 1. The lowest BCUT2D eigenvalue weighted by Gasteiger charge is -2.17. The van der Waals surface area contributed by atoms with E-state index < -0.39 is 0 Å². The molecule has 0 N–H and O–H groups in total. The summed E-state index contributed by atoms with van der Waals surface area (Å²) in [6.45, 7) is 11.4. The van der Waals surface area contributed by atoms with Gasteiger partial charge in [0.1, 0.15) is 5.82 Å². The van der Waals surface area contributed by atoms with E-state index in [-0.39, 0.29) is 0 Å². The van der Waals surface area contributed by atoms with Crippen LogP contribution < -0.4 is 0 Å². The van der Waals surface area contributed by atoms with Gasteiger partial charge in [-0.05, 0) is 33.7 Å². The van der Waals surface area contributed by atoms with Gasteiger partial charge < -0.3 is 9.30 Å². The number of ether oxygens (including phenoxy) is 1. The zero-order valence-electron chi connectivity index (χ0n) is 14.5. The molecule has 1 saturated heterocycles. The fourth-order valence-corrected chi connectivity index (χ4v) is 3.64. The molecule has 0 unspecified atom stereocenters.